The number of aryl methyl sites for hydroxylation is 1. The molecule has 0 amide bonds. The molecule has 1 aliphatic rings. The van der Waals surface area contributed by atoms with Crippen molar-refractivity contribution in [3.8, 4) is 0 Å². The fraction of sp³-hybridized carbons (Fsp3) is 0.700. The van der Waals surface area contributed by atoms with Crippen LogP contribution in [0.3, 0.4) is 0 Å². The topological polar surface area (TPSA) is 81.2 Å². The summed E-state index contributed by atoms with van der Waals surface area (Å²) in [7, 11) is -2.92. The molecule has 2 heterocycles. The van der Waals surface area contributed by atoms with E-state index in [4.69, 9.17) is 5.73 Å². The minimum Gasteiger partial charge on any atom is -0.327 e. The Balaban J connectivity index is 0.00000220. The lowest BCUT2D eigenvalue weighted by atomic mass is 10.0. The molecule has 2 unspecified atom stereocenters. The first-order chi connectivity index (χ1) is 9.14. The van der Waals surface area contributed by atoms with E-state index in [2.05, 4.69) is 5.10 Å². The number of hydrogen-bond acceptors (Lipinski definition) is 4. The van der Waals surface area contributed by atoms with Gasteiger partial charge in [-0.05, 0) is 18.9 Å². The fourth-order valence-corrected chi connectivity index (χ4v) is 4.09. The van der Waals surface area contributed by atoms with Gasteiger partial charge in [-0.15, -0.1) is 12.4 Å². The second-order valence-electron chi connectivity index (χ2n) is 4.76. The summed E-state index contributed by atoms with van der Waals surface area (Å²) < 4.78 is 65.3. The van der Waals surface area contributed by atoms with Crippen LogP contribution in [0.15, 0.2) is 17.3 Å². The Morgan fingerprint density at radius 1 is 1.38 bits per heavy atom. The Morgan fingerprint density at radius 2 is 2.00 bits per heavy atom. The molecule has 1 aromatic heterocycles. The number of rotatable bonds is 2. The minimum absolute atomic E-state index is 0. The molecule has 2 atom stereocenters. The summed E-state index contributed by atoms with van der Waals surface area (Å²) in [5.41, 5.74) is 5.62. The molecule has 0 saturated carbocycles. The maximum atomic E-state index is 13.0. The zero-order valence-corrected chi connectivity index (χ0v) is 12.7. The van der Waals surface area contributed by atoms with Crippen LogP contribution >= 0.6 is 12.4 Å². The van der Waals surface area contributed by atoms with Crippen molar-refractivity contribution in [2.24, 2.45) is 12.8 Å². The summed E-state index contributed by atoms with van der Waals surface area (Å²) in [6.45, 7) is -0.350. The number of nitrogens with zero attached hydrogens (tertiary/aromatic N) is 3. The van der Waals surface area contributed by atoms with Gasteiger partial charge >= 0.3 is 6.18 Å². The Kier molecular flexibility index (Phi) is 5.30. The number of halogens is 4. The Labute approximate surface area is 126 Å². The van der Waals surface area contributed by atoms with Gasteiger partial charge in [0.05, 0.1) is 6.20 Å². The summed E-state index contributed by atoms with van der Waals surface area (Å²) in [4.78, 5) is 0. The summed E-state index contributed by atoms with van der Waals surface area (Å²) in [5.74, 6) is 0. The molecule has 0 aromatic carbocycles. The second kappa shape index (κ2) is 6.11. The smallest absolute Gasteiger partial charge is 0.327 e. The average Bonchev–Trinajstić information content (AvgIpc) is 2.74. The number of piperidine rings is 1. The van der Waals surface area contributed by atoms with Gasteiger partial charge in [0.15, 0.2) is 5.03 Å². The van der Waals surface area contributed by atoms with Crippen molar-refractivity contribution in [1.82, 2.24) is 14.1 Å². The van der Waals surface area contributed by atoms with Gasteiger partial charge in [0.2, 0.25) is 0 Å². The number of sulfonamides is 1. The lowest BCUT2D eigenvalue weighted by Gasteiger charge is -2.37. The monoisotopic (exact) mass is 348 g/mol. The molecule has 1 aliphatic heterocycles. The summed E-state index contributed by atoms with van der Waals surface area (Å²) in [5, 5.41) is 3.41. The molecule has 122 valence electrons. The van der Waals surface area contributed by atoms with Crippen molar-refractivity contribution in [3.63, 3.8) is 0 Å². The Hall–Kier alpha value is -0.840. The zero-order valence-electron chi connectivity index (χ0n) is 11.1. The first-order valence-corrected chi connectivity index (χ1v) is 7.40. The molecule has 2 rings (SSSR count). The van der Waals surface area contributed by atoms with E-state index in [0.29, 0.717) is 4.31 Å². The van der Waals surface area contributed by atoms with E-state index >= 15 is 0 Å². The first-order valence-electron chi connectivity index (χ1n) is 5.96. The van der Waals surface area contributed by atoms with Crippen LogP contribution in [0, 0.1) is 0 Å². The van der Waals surface area contributed by atoms with E-state index in [9.17, 15) is 21.6 Å². The van der Waals surface area contributed by atoms with Gasteiger partial charge in [0, 0.05) is 19.6 Å². The van der Waals surface area contributed by atoms with Crippen molar-refractivity contribution < 1.29 is 21.6 Å². The Bertz CT molecular complexity index is 589. The standard InChI is InChI=1S/C10H15F3N4O2S.ClH/c1-16-9(4-5-15-16)20(18,19)17-6-7(14)2-3-8(17)10(11,12)13;/h4-5,7-8H,2-3,6,14H2,1H3;1H. The molecule has 2 N–H and O–H groups in total. The van der Waals surface area contributed by atoms with Crippen molar-refractivity contribution in [2.45, 2.75) is 36.1 Å². The normalized spacial score (nSPS) is 24.6. The summed E-state index contributed by atoms with van der Waals surface area (Å²) >= 11 is 0. The summed E-state index contributed by atoms with van der Waals surface area (Å²) in [6, 6.07) is -1.47. The van der Waals surface area contributed by atoms with Crippen LogP contribution in [0.5, 0.6) is 0 Å². The summed E-state index contributed by atoms with van der Waals surface area (Å²) in [6.07, 6.45) is -3.59. The van der Waals surface area contributed by atoms with Crippen molar-refractivity contribution in [2.75, 3.05) is 6.54 Å². The van der Waals surface area contributed by atoms with Crippen LogP contribution in [0.25, 0.3) is 0 Å². The van der Waals surface area contributed by atoms with Crippen molar-refractivity contribution in [3.05, 3.63) is 12.3 Å². The SMILES string of the molecule is Cl.Cn1nccc1S(=O)(=O)N1CC(N)CCC1C(F)(F)F. The highest BCUT2D eigenvalue weighted by molar-refractivity contribution is 7.89. The molecular formula is C10H16ClF3N4O2S. The van der Waals surface area contributed by atoms with E-state index in [1.165, 1.54) is 19.3 Å². The van der Waals surface area contributed by atoms with E-state index < -0.39 is 28.3 Å². The van der Waals surface area contributed by atoms with Crippen LogP contribution in [0.1, 0.15) is 12.8 Å². The van der Waals surface area contributed by atoms with Gasteiger partial charge in [-0.25, -0.2) is 8.42 Å². The molecular weight excluding hydrogens is 333 g/mol. The highest BCUT2D eigenvalue weighted by Gasteiger charge is 2.50. The molecule has 0 spiro atoms. The molecule has 21 heavy (non-hydrogen) atoms. The number of hydrogen-bond donors (Lipinski definition) is 1. The van der Waals surface area contributed by atoms with Crippen LogP contribution in [0.4, 0.5) is 13.2 Å². The molecule has 1 aromatic rings. The van der Waals surface area contributed by atoms with Gasteiger partial charge in [-0.2, -0.15) is 22.6 Å². The predicted octanol–water partition coefficient (Wildman–Crippen LogP) is 0.885. The minimum atomic E-state index is -4.62. The lowest BCUT2D eigenvalue weighted by molar-refractivity contribution is -0.178. The molecule has 0 bridgehead atoms. The van der Waals surface area contributed by atoms with E-state index in [1.807, 2.05) is 0 Å². The third-order valence-electron chi connectivity index (χ3n) is 3.30. The lowest BCUT2D eigenvalue weighted by Crippen LogP contribution is -2.56. The predicted molar refractivity (Wildman–Crippen MR) is 71.4 cm³/mol. The van der Waals surface area contributed by atoms with E-state index in [1.54, 1.807) is 0 Å². The van der Waals surface area contributed by atoms with Gasteiger partial charge in [0.1, 0.15) is 6.04 Å². The molecule has 6 nitrogen and oxygen atoms in total. The zero-order chi connectivity index (χ0) is 15.1. The van der Waals surface area contributed by atoms with Gasteiger partial charge < -0.3 is 5.73 Å². The second-order valence-corrected chi connectivity index (χ2v) is 6.60. The molecule has 1 saturated heterocycles. The number of aromatic nitrogens is 2. The molecule has 11 heteroatoms. The maximum absolute atomic E-state index is 13.0. The van der Waals surface area contributed by atoms with Gasteiger partial charge in [-0.3, -0.25) is 4.68 Å². The molecule has 1 fully saturated rings. The highest BCUT2D eigenvalue weighted by Crippen LogP contribution is 2.34. The van der Waals surface area contributed by atoms with Gasteiger partial charge in [0.25, 0.3) is 10.0 Å². The highest BCUT2D eigenvalue weighted by atomic mass is 35.5. The van der Waals surface area contributed by atoms with Crippen molar-refractivity contribution in [1.29, 1.82) is 0 Å². The molecule has 0 aliphatic carbocycles. The van der Waals surface area contributed by atoms with Crippen LogP contribution in [-0.2, 0) is 17.1 Å². The van der Waals surface area contributed by atoms with Crippen LogP contribution in [-0.4, -0.2) is 47.3 Å². The third-order valence-corrected chi connectivity index (χ3v) is 5.25. The van der Waals surface area contributed by atoms with E-state index in [0.717, 1.165) is 4.68 Å². The average molecular weight is 349 g/mol. The van der Waals surface area contributed by atoms with Gasteiger partial charge in [-0.1, -0.05) is 0 Å². The molecule has 0 radical (unpaired) electrons. The quantitative estimate of drug-likeness (QED) is 0.860. The van der Waals surface area contributed by atoms with E-state index in [-0.39, 0.29) is 36.8 Å². The Morgan fingerprint density at radius 3 is 2.48 bits per heavy atom. The van der Waals surface area contributed by atoms with Crippen LogP contribution < -0.4 is 5.73 Å². The fourth-order valence-electron chi connectivity index (χ4n) is 2.29. The van der Waals surface area contributed by atoms with Crippen LogP contribution in [0.2, 0.25) is 0 Å². The third kappa shape index (κ3) is 3.50. The largest absolute Gasteiger partial charge is 0.405 e. The number of nitrogens with two attached hydrogens (primary N) is 1. The first kappa shape index (κ1) is 18.2. The maximum Gasteiger partial charge on any atom is 0.405 e. The van der Waals surface area contributed by atoms with Crippen molar-refractivity contribution >= 4 is 22.4 Å². The number of alkyl halides is 3.